The van der Waals surface area contributed by atoms with E-state index in [1.807, 2.05) is 0 Å². The maximum absolute atomic E-state index is 12.9. The van der Waals surface area contributed by atoms with Crippen LogP contribution in [0.3, 0.4) is 0 Å². The molecule has 1 unspecified atom stereocenters. The van der Waals surface area contributed by atoms with Crippen LogP contribution in [-0.2, 0) is 0 Å². The Morgan fingerprint density at radius 1 is 1.62 bits per heavy atom. The molecule has 0 bridgehead atoms. The quantitative estimate of drug-likeness (QED) is 0.890. The molecule has 1 amide bonds. The van der Waals surface area contributed by atoms with Crippen molar-refractivity contribution in [2.45, 2.75) is 6.92 Å². The summed E-state index contributed by atoms with van der Waals surface area (Å²) in [5, 5.41) is 11.4. The van der Waals surface area contributed by atoms with Gasteiger partial charge in [-0.2, -0.15) is 0 Å². The maximum atomic E-state index is 12.9. The molecule has 0 aliphatic carbocycles. The van der Waals surface area contributed by atoms with Crippen LogP contribution in [-0.4, -0.2) is 24.2 Å². The monoisotopic (exact) mass is 289 g/mol. The minimum atomic E-state index is -0.455. The van der Waals surface area contributed by atoms with Crippen LogP contribution < -0.4 is 5.32 Å². The van der Waals surface area contributed by atoms with Crippen molar-refractivity contribution in [3.8, 4) is 0 Å². The topological polar surface area (TPSA) is 49.3 Å². The number of aliphatic hydroxyl groups excluding tert-OH is 1. The van der Waals surface area contributed by atoms with Crippen molar-refractivity contribution in [2.24, 2.45) is 5.92 Å². The fourth-order valence-corrected chi connectivity index (χ4v) is 1.52. The van der Waals surface area contributed by atoms with Gasteiger partial charge in [-0.25, -0.2) is 4.39 Å². The molecule has 1 atom stereocenters. The van der Waals surface area contributed by atoms with E-state index in [1.54, 1.807) is 6.92 Å². The predicted octanol–water partition coefficient (Wildman–Crippen LogP) is 1.95. The van der Waals surface area contributed by atoms with Crippen LogP contribution in [0.1, 0.15) is 17.3 Å². The van der Waals surface area contributed by atoms with Crippen molar-refractivity contribution in [3.63, 3.8) is 0 Å². The first-order chi connectivity index (χ1) is 7.54. The second-order valence-electron chi connectivity index (χ2n) is 3.62. The lowest BCUT2D eigenvalue weighted by atomic mass is 10.1. The average molecular weight is 290 g/mol. The Bertz CT molecular complexity index is 384. The summed E-state index contributed by atoms with van der Waals surface area (Å²) in [4.78, 5) is 11.6. The van der Waals surface area contributed by atoms with E-state index < -0.39 is 5.82 Å². The number of amides is 1. The molecule has 0 aliphatic heterocycles. The van der Waals surface area contributed by atoms with Gasteiger partial charge in [0, 0.05) is 17.6 Å². The third kappa shape index (κ3) is 3.57. The number of halogens is 2. The number of aliphatic hydroxyl groups is 1. The summed E-state index contributed by atoms with van der Waals surface area (Å²) in [5.41, 5.74) is 0.255. The molecule has 0 spiro atoms. The van der Waals surface area contributed by atoms with Gasteiger partial charge in [-0.05, 0) is 40.0 Å². The molecule has 1 aromatic rings. The number of rotatable bonds is 4. The van der Waals surface area contributed by atoms with Crippen LogP contribution >= 0.6 is 15.9 Å². The van der Waals surface area contributed by atoms with E-state index >= 15 is 0 Å². The highest BCUT2D eigenvalue weighted by atomic mass is 79.9. The molecule has 0 radical (unpaired) electrons. The molecule has 0 saturated heterocycles. The molecule has 5 heteroatoms. The van der Waals surface area contributed by atoms with E-state index in [9.17, 15) is 9.18 Å². The van der Waals surface area contributed by atoms with Crippen molar-refractivity contribution in [1.82, 2.24) is 5.32 Å². The van der Waals surface area contributed by atoms with E-state index in [2.05, 4.69) is 21.2 Å². The molecule has 0 heterocycles. The highest BCUT2D eigenvalue weighted by Crippen LogP contribution is 2.17. The second kappa shape index (κ2) is 5.96. The number of carbonyl (C=O) groups excluding carboxylic acids is 1. The van der Waals surface area contributed by atoms with Crippen LogP contribution in [0.25, 0.3) is 0 Å². The smallest absolute Gasteiger partial charge is 0.252 e. The number of carbonyl (C=O) groups is 1. The Hall–Kier alpha value is -0.940. The van der Waals surface area contributed by atoms with Crippen LogP contribution in [0.2, 0.25) is 0 Å². The van der Waals surface area contributed by atoms with Crippen molar-refractivity contribution in [2.75, 3.05) is 13.2 Å². The van der Waals surface area contributed by atoms with E-state index in [0.29, 0.717) is 11.0 Å². The van der Waals surface area contributed by atoms with Gasteiger partial charge in [0.05, 0.1) is 5.56 Å². The third-order valence-electron chi connectivity index (χ3n) is 2.10. The molecule has 1 rings (SSSR count). The lowest BCUT2D eigenvalue weighted by Gasteiger charge is -2.10. The molecule has 2 N–H and O–H groups in total. The van der Waals surface area contributed by atoms with Crippen LogP contribution in [0.15, 0.2) is 22.7 Å². The Labute approximate surface area is 102 Å². The Morgan fingerprint density at radius 2 is 2.31 bits per heavy atom. The number of nitrogens with one attached hydrogen (secondary N) is 1. The first-order valence-electron chi connectivity index (χ1n) is 4.88. The normalized spacial score (nSPS) is 12.2. The SMILES string of the molecule is CC(CO)CNC(=O)c1cc(F)ccc1Br. The summed E-state index contributed by atoms with van der Waals surface area (Å²) in [5.74, 6) is -0.827. The van der Waals surface area contributed by atoms with Crippen molar-refractivity contribution in [3.05, 3.63) is 34.1 Å². The Kier molecular flexibility index (Phi) is 4.89. The number of benzene rings is 1. The van der Waals surface area contributed by atoms with Crippen LogP contribution in [0, 0.1) is 11.7 Å². The Balaban J connectivity index is 2.69. The minimum Gasteiger partial charge on any atom is -0.396 e. The van der Waals surface area contributed by atoms with Gasteiger partial charge in [0.1, 0.15) is 5.82 Å². The summed E-state index contributed by atoms with van der Waals surface area (Å²) in [6, 6.07) is 3.93. The molecule has 88 valence electrons. The molecule has 0 aliphatic rings. The molecule has 16 heavy (non-hydrogen) atoms. The zero-order valence-electron chi connectivity index (χ0n) is 8.84. The third-order valence-corrected chi connectivity index (χ3v) is 2.79. The minimum absolute atomic E-state index is 0.00456. The Morgan fingerprint density at radius 3 is 2.94 bits per heavy atom. The number of hydrogen-bond acceptors (Lipinski definition) is 2. The first kappa shape index (κ1) is 13.1. The molecular weight excluding hydrogens is 277 g/mol. The van der Waals surface area contributed by atoms with E-state index in [1.165, 1.54) is 18.2 Å². The van der Waals surface area contributed by atoms with Gasteiger partial charge >= 0.3 is 0 Å². The molecule has 0 saturated carbocycles. The fourth-order valence-electron chi connectivity index (χ4n) is 1.10. The highest BCUT2D eigenvalue weighted by molar-refractivity contribution is 9.10. The number of hydrogen-bond donors (Lipinski definition) is 2. The zero-order chi connectivity index (χ0) is 12.1. The van der Waals surface area contributed by atoms with Gasteiger partial charge in [0.25, 0.3) is 5.91 Å². The summed E-state index contributed by atoms with van der Waals surface area (Å²) >= 11 is 3.18. The highest BCUT2D eigenvalue weighted by Gasteiger charge is 2.11. The summed E-state index contributed by atoms with van der Waals surface area (Å²) in [6.45, 7) is 2.17. The lowest BCUT2D eigenvalue weighted by Crippen LogP contribution is -2.29. The van der Waals surface area contributed by atoms with E-state index in [0.717, 1.165) is 0 Å². The lowest BCUT2D eigenvalue weighted by molar-refractivity contribution is 0.0941. The predicted molar refractivity (Wildman–Crippen MR) is 62.7 cm³/mol. The molecule has 0 fully saturated rings. The van der Waals surface area contributed by atoms with Gasteiger partial charge in [0.15, 0.2) is 0 Å². The van der Waals surface area contributed by atoms with Gasteiger partial charge in [-0.3, -0.25) is 4.79 Å². The van der Waals surface area contributed by atoms with Crippen molar-refractivity contribution >= 4 is 21.8 Å². The standard InChI is InChI=1S/C11H13BrFNO2/c1-7(6-15)5-14-11(16)9-4-8(13)2-3-10(9)12/h2-4,7,15H,5-6H2,1H3,(H,14,16). The first-order valence-corrected chi connectivity index (χ1v) is 5.68. The van der Waals surface area contributed by atoms with E-state index in [-0.39, 0.29) is 24.0 Å². The van der Waals surface area contributed by atoms with E-state index in [4.69, 9.17) is 5.11 Å². The molecule has 0 aromatic heterocycles. The average Bonchev–Trinajstić information content (AvgIpc) is 2.28. The molecule has 3 nitrogen and oxygen atoms in total. The zero-order valence-corrected chi connectivity index (χ0v) is 10.4. The summed E-state index contributed by atoms with van der Waals surface area (Å²) in [7, 11) is 0. The fraction of sp³-hybridized carbons (Fsp3) is 0.364. The van der Waals surface area contributed by atoms with Gasteiger partial charge in [0.2, 0.25) is 0 Å². The van der Waals surface area contributed by atoms with Crippen molar-refractivity contribution < 1.29 is 14.3 Å². The van der Waals surface area contributed by atoms with Crippen molar-refractivity contribution in [1.29, 1.82) is 0 Å². The largest absolute Gasteiger partial charge is 0.396 e. The van der Waals surface area contributed by atoms with Crippen LogP contribution in [0.5, 0.6) is 0 Å². The molecular formula is C11H13BrFNO2. The van der Waals surface area contributed by atoms with Gasteiger partial charge in [-0.1, -0.05) is 6.92 Å². The van der Waals surface area contributed by atoms with Crippen LogP contribution in [0.4, 0.5) is 4.39 Å². The van der Waals surface area contributed by atoms with Gasteiger partial charge in [-0.15, -0.1) is 0 Å². The second-order valence-corrected chi connectivity index (χ2v) is 4.48. The maximum Gasteiger partial charge on any atom is 0.252 e. The van der Waals surface area contributed by atoms with Gasteiger partial charge < -0.3 is 10.4 Å². The molecule has 1 aromatic carbocycles. The summed E-state index contributed by atoms with van der Waals surface area (Å²) in [6.07, 6.45) is 0. The summed E-state index contributed by atoms with van der Waals surface area (Å²) < 4.78 is 13.5.